The van der Waals surface area contributed by atoms with E-state index in [4.69, 9.17) is 16.0 Å². The number of carbonyl (C=O) groups excluding carboxylic acids is 1. The molecule has 1 amide bonds. The second kappa shape index (κ2) is 7.28. The monoisotopic (exact) mass is 408 g/mol. The molecule has 1 aromatic carbocycles. The minimum absolute atomic E-state index is 0.192. The van der Waals surface area contributed by atoms with Gasteiger partial charge in [0.25, 0.3) is 0 Å². The summed E-state index contributed by atoms with van der Waals surface area (Å²) in [4.78, 5) is 22.6. The maximum Gasteiger partial charge on any atom is 0.410 e. The van der Waals surface area contributed by atoms with Crippen molar-refractivity contribution in [1.29, 1.82) is 0 Å². The molecular weight excluding hydrogens is 380 g/mol. The molecule has 0 bridgehead atoms. The lowest BCUT2D eigenvalue weighted by atomic mass is 9.78. The summed E-state index contributed by atoms with van der Waals surface area (Å²) >= 11 is 0. The number of benzene rings is 1. The quantitative estimate of drug-likeness (QED) is 0.697. The van der Waals surface area contributed by atoms with Crippen LogP contribution < -0.4 is 0 Å². The number of imidazole rings is 1. The summed E-state index contributed by atoms with van der Waals surface area (Å²) in [5.41, 5.74) is 1.92. The van der Waals surface area contributed by atoms with E-state index in [9.17, 15) is 4.79 Å². The van der Waals surface area contributed by atoms with Crippen molar-refractivity contribution in [1.82, 2.24) is 14.5 Å². The molecular formula is C23H28N4O3. The number of amides is 1. The van der Waals surface area contributed by atoms with E-state index in [1.165, 1.54) is 0 Å². The Morgan fingerprint density at radius 2 is 2.23 bits per heavy atom. The van der Waals surface area contributed by atoms with Crippen LogP contribution in [0.3, 0.4) is 0 Å². The summed E-state index contributed by atoms with van der Waals surface area (Å²) in [6.07, 6.45) is 7.69. The van der Waals surface area contributed by atoms with E-state index < -0.39 is 0 Å². The molecule has 3 fully saturated rings. The number of rotatable bonds is 4. The van der Waals surface area contributed by atoms with E-state index in [1.54, 1.807) is 0 Å². The lowest BCUT2D eigenvalue weighted by Gasteiger charge is -2.36. The smallest absolute Gasteiger partial charge is 0.410 e. The van der Waals surface area contributed by atoms with Gasteiger partial charge in [-0.2, -0.15) is 0 Å². The molecule has 2 aliphatic heterocycles. The van der Waals surface area contributed by atoms with Crippen LogP contribution in [0.2, 0.25) is 0 Å². The molecule has 7 nitrogen and oxygen atoms in total. The maximum atomic E-state index is 12.7. The van der Waals surface area contributed by atoms with Crippen LogP contribution in [0.5, 0.6) is 0 Å². The molecule has 3 heterocycles. The van der Waals surface area contributed by atoms with E-state index in [-0.39, 0.29) is 17.3 Å². The van der Waals surface area contributed by atoms with Crippen LogP contribution in [-0.2, 0) is 16.0 Å². The summed E-state index contributed by atoms with van der Waals surface area (Å²) in [7, 11) is 0. The third-order valence-corrected chi connectivity index (χ3v) is 6.96. The Hall–Kier alpha value is -2.59. The molecule has 3 aliphatic rings. The average Bonchev–Trinajstić information content (AvgIpc) is 3.40. The van der Waals surface area contributed by atoms with Crippen molar-refractivity contribution in [3.8, 4) is 0 Å². The Bertz CT molecular complexity index is 1000. The maximum absolute atomic E-state index is 12.7. The molecule has 1 spiro atoms. The van der Waals surface area contributed by atoms with E-state index >= 15 is 0 Å². The van der Waals surface area contributed by atoms with Gasteiger partial charge in [-0.05, 0) is 63.5 Å². The van der Waals surface area contributed by atoms with Gasteiger partial charge in [0.1, 0.15) is 5.60 Å². The average molecular weight is 409 g/mol. The predicted octanol–water partition coefficient (Wildman–Crippen LogP) is 4.54. The zero-order chi connectivity index (χ0) is 20.8. The number of hydrogen-bond donors (Lipinski definition) is 0. The first kappa shape index (κ1) is 19.4. The molecule has 0 N–H and O–H groups in total. The van der Waals surface area contributed by atoms with Crippen molar-refractivity contribution in [3.05, 3.63) is 35.9 Å². The Balaban J connectivity index is 1.29. The van der Waals surface area contributed by atoms with Crippen LogP contribution in [0.4, 0.5) is 10.5 Å². The molecule has 158 valence electrons. The number of ether oxygens (including phenoxy) is 2. The fourth-order valence-corrected chi connectivity index (χ4v) is 5.55. The van der Waals surface area contributed by atoms with Crippen molar-refractivity contribution in [2.45, 2.75) is 63.2 Å². The number of aromatic nitrogens is 2. The fraction of sp³-hybridized carbons (Fsp3) is 0.609. The van der Waals surface area contributed by atoms with E-state index in [2.05, 4.69) is 21.3 Å². The Morgan fingerprint density at radius 1 is 1.33 bits per heavy atom. The first-order valence-electron chi connectivity index (χ1n) is 10.9. The Morgan fingerprint density at radius 3 is 3.03 bits per heavy atom. The van der Waals surface area contributed by atoms with Crippen molar-refractivity contribution in [3.63, 3.8) is 0 Å². The van der Waals surface area contributed by atoms with Gasteiger partial charge in [0, 0.05) is 13.2 Å². The molecule has 7 heteroatoms. The summed E-state index contributed by atoms with van der Waals surface area (Å²) < 4.78 is 14.0. The molecule has 1 aliphatic carbocycles. The lowest BCUT2D eigenvalue weighted by molar-refractivity contribution is -0.00120. The van der Waals surface area contributed by atoms with Gasteiger partial charge < -0.3 is 18.9 Å². The highest BCUT2D eigenvalue weighted by atomic mass is 16.6. The fourth-order valence-electron chi connectivity index (χ4n) is 5.55. The molecule has 30 heavy (non-hydrogen) atoms. The minimum Gasteiger partial charge on any atom is -0.441 e. The number of hydrogen-bond acceptors (Lipinski definition) is 4. The highest BCUT2D eigenvalue weighted by Crippen LogP contribution is 2.41. The van der Waals surface area contributed by atoms with Crippen molar-refractivity contribution >= 4 is 22.8 Å². The van der Waals surface area contributed by atoms with Gasteiger partial charge in [0.15, 0.2) is 5.69 Å². The Kier molecular flexibility index (Phi) is 4.70. The molecule has 3 atom stereocenters. The van der Waals surface area contributed by atoms with Crippen LogP contribution in [-0.4, -0.2) is 51.4 Å². The number of carbonyl (C=O) groups is 1. The van der Waals surface area contributed by atoms with Crippen LogP contribution in [0.25, 0.3) is 15.9 Å². The van der Waals surface area contributed by atoms with Crippen molar-refractivity contribution < 1.29 is 14.3 Å². The molecule has 0 radical (unpaired) electrons. The zero-order valence-corrected chi connectivity index (χ0v) is 17.5. The molecule has 2 aromatic rings. The summed E-state index contributed by atoms with van der Waals surface area (Å²) in [6, 6.07) is 5.63. The van der Waals surface area contributed by atoms with Gasteiger partial charge in [-0.15, -0.1) is 0 Å². The molecule has 1 saturated carbocycles. The summed E-state index contributed by atoms with van der Waals surface area (Å²) in [5.74, 6) is 0.416. The van der Waals surface area contributed by atoms with Gasteiger partial charge in [-0.3, -0.25) is 0 Å². The van der Waals surface area contributed by atoms with E-state index in [0.29, 0.717) is 24.7 Å². The summed E-state index contributed by atoms with van der Waals surface area (Å²) in [5, 5.41) is 0. The van der Waals surface area contributed by atoms with Gasteiger partial charge in [0.05, 0.1) is 42.6 Å². The highest BCUT2D eigenvalue weighted by Gasteiger charge is 2.49. The van der Waals surface area contributed by atoms with Gasteiger partial charge >= 0.3 is 6.09 Å². The largest absolute Gasteiger partial charge is 0.441 e. The third-order valence-electron chi connectivity index (χ3n) is 6.96. The van der Waals surface area contributed by atoms with Crippen LogP contribution in [0, 0.1) is 12.5 Å². The van der Waals surface area contributed by atoms with Crippen molar-refractivity contribution in [2.75, 3.05) is 19.7 Å². The third kappa shape index (κ3) is 3.54. The minimum atomic E-state index is -0.382. The highest BCUT2D eigenvalue weighted by molar-refractivity contribution is 5.79. The number of nitrogens with zero attached hydrogens (tertiary/aromatic N) is 4. The second-order valence-electron chi connectivity index (χ2n) is 9.45. The van der Waals surface area contributed by atoms with E-state index in [1.807, 2.05) is 29.4 Å². The van der Waals surface area contributed by atoms with Crippen LogP contribution >= 0.6 is 0 Å². The standard InChI is InChI=1S/C23H28N4O3/c1-22(8-4-10-29-22)14-27-15-23(30-21(27)28)9-3-5-17(12-23)13-26-16-25-19-7-6-18(24-2)11-20(19)26/h6-7,11,16-17H,3-5,8-10,12-15H2,1H3/t17-,22?,23-/m0/s1. The number of fused-ring (bicyclic) bond motifs is 1. The zero-order valence-electron chi connectivity index (χ0n) is 17.5. The van der Waals surface area contributed by atoms with Crippen molar-refractivity contribution in [2.24, 2.45) is 5.92 Å². The molecule has 1 unspecified atom stereocenters. The first-order chi connectivity index (χ1) is 14.5. The van der Waals surface area contributed by atoms with Gasteiger partial charge in [0.2, 0.25) is 0 Å². The van der Waals surface area contributed by atoms with Gasteiger partial charge in [-0.25, -0.2) is 14.6 Å². The summed E-state index contributed by atoms with van der Waals surface area (Å²) in [6.45, 7) is 12.3. The van der Waals surface area contributed by atoms with Crippen LogP contribution in [0.15, 0.2) is 24.5 Å². The Labute approximate surface area is 176 Å². The molecule has 5 rings (SSSR count). The first-order valence-corrected chi connectivity index (χ1v) is 10.9. The lowest BCUT2D eigenvalue weighted by Crippen LogP contribution is -2.44. The van der Waals surface area contributed by atoms with E-state index in [0.717, 1.165) is 62.7 Å². The SMILES string of the molecule is [C-]#[N+]c1ccc2ncn(C[C@H]3CCC[C@]4(C3)CN(CC3(C)CCCO3)C(=O)O4)c2c1. The second-order valence-corrected chi connectivity index (χ2v) is 9.45. The predicted molar refractivity (Wildman–Crippen MR) is 112 cm³/mol. The topological polar surface area (TPSA) is 61.0 Å². The molecule has 1 aromatic heterocycles. The van der Waals surface area contributed by atoms with Gasteiger partial charge in [-0.1, -0.05) is 6.07 Å². The molecule has 2 saturated heterocycles. The van der Waals surface area contributed by atoms with Crippen LogP contribution in [0.1, 0.15) is 45.4 Å². The normalized spacial score (nSPS) is 31.4.